The van der Waals surface area contributed by atoms with Crippen molar-refractivity contribution in [2.24, 2.45) is 5.10 Å². The van der Waals surface area contributed by atoms with E-state index in [2.05, 4.69) is 27.2 Å². The number of hydrazone groups is 1. The summed E-state index contributed by atoms with van der Waals surface area (Å²) in [6.07, 6.45) is 1.40. The zero-order valence-electron chi connectivity index (χ0n) is 17.4. The number of halogens is 2. The Labute approximate surface area is 203 Å². The molecular weight excluding hydrogens is 477 g/mol. The van der Waals surface area contributed by atoms with E-state index in [0.717, 1.165) is 21.3 Å². The molecule has 0 atom stereocenters. The van der Waals surface area contributed by atoms with Crippen LogP contribution in [-0.2, 0) is 0 Å². The monoisotopic (exact) mass is 491 g/mol. The van der Waals surface area contributed by atoms with Crippen molar-refractivity contribution in [3.05, 3.63) is 93.3 Å². The fraction of sp³-hybridized carbons (Fsp3) is 0. The summed E-state index contributed by atoms with van der Waals surface area (Å²) in [7, 11) is 0. The van der Waals surface area contributed by atoms with Crippen LogP contribution in [0, 0.1) is 0 Å². The van der Waals surface area contributed by atoms with Gasteiger partial charge in [-0.25, -0.2) is 9.89 Å². The molecule has 168 valence electrons. The lowest BCUT2D eigenvalue weighted by Gasteiger charge is -2.22. The molecule has 1 aliphatic rings. The lowest BCUT2D eigenvalue weighted by molar-refractivity contribution is 0.248. The summed E-state index contributed by atoms with van der Waals surface area (Å²) in [4.78, 5) is 24.3. The SMILES string of the molecule is C=C1C=NN(c2cc(Cl)c(Oc3n[nH]c(=O)cc3-c3ccc4ccccc4c3)c(Cl)c2)C(=O)N1. The highest BCUT2D eigenvalue weighted by atomic mass is 35.5. The van der Waals surface area contributed by atoms with Gasteiger partial charge in [0.2, 0.25) is 5.88 Å². The van der Waals surface area contributed by atoms with Crippen LogP contribution in [0.5, 0.6) is 11.6 Å². The molecule has 2 N–H and O–H groups in total. The summed E-state index contributed by atoms with van der Waals surface area (Å²) in [6.45, 7) is 3.63. The van der Waals surface area contributed by atoms with E-state index >= 15 is 0 Å². The highest BCUT2D eigenvalue weighted by molar-refractivity contribution is 6.37. The zero-order chi connectivity index (χ0) is 23.8. The third kappa shape index (κ3) is 4.12. The summed E-state index contributed by atoms with van der Waals surface area (Å²) in [5, 5.41) is 16.4. The molecule has 0 saturated carbocycles. The van der Waals surface area contributed by atoms with Gasteiger partial charge in [0.1, 0.15) is 0 Å². The number of allylic oxidation sites excluding steroid dienone is 1. The van der Waals surface area contributed by atoms with Crippen molar-refractivity contribution in [3.63, 3.8) is 0 Å². The number of benzene rings is 3. The maximum Gasteiger partial charge on any atom is 0.347 e. The lowest BCUT2D eigenvalue weighted by atomic mass is 10.0. The number of hydrogen-bond acceptors (Lipinski definition) is 5. The van der Waals surface area contributed by atoms with Crippen LogP contribution in [0.2, 0.25) is 10.0 Å². The minimum absolute atomic E-state index is 0.108. The van der Waals surface area contributed by atoms with Gasteiger partial charge in [-0.2, -0.15) is 10.1 Å². The molecule has 4 aromatic rings. The molecule has 3 aromatic carbocycles. The van der Waals surface area contributed by atoms with E-state index in [0.29, 0.717) is 16.9 Å². The molecule has 8 nitrogen and oxygen atoms in total. The molecular formula is C24H15Cl2N5O3. The van der Waals surface area contributed by atoms with Gasteiger partial charge in [-0.15, -0.1) is 5.10 Å². The molecule has 2 heterocycles. The van der Waals surface area contributed by atoms with E-state index in [4.69, 9.17) is 27.9 Å². The molecule has 1 aromatic heterocycles. The zero-order valence-corrected chi connectivity index (χ0v) is 18.9. The number of carbonyl (C=O) groups is 1. The first-order valence-electron chi connectivity index (χ1n) is 9.99. The Morgan fingerprint density at radius 2 is 1.68 bits per heavy atom. The van der Waals surface area contributed by atoms with Gasteiger partial charge in [-0.05, 0) is 34.5 Å². The van der Waals surface area contributed by atoms with Gasteiger partial charge >= 0.3 is 6.03 Å². The van der Waals surface area contributed by atoms with Gasteiger partial charge in [0, 0.05) is 6.07 Å². The highest BCUT2D eigenvalue weighted by Gasteiger charge is 2.23. The summed E-state index contributed by atoms with van der Waals surface area (Å²) in [5.74, 6) is 0.218. The topological polar surface area (TPSA) is 99.7 Å². The van der Waals surface area contributed by atoms with E-state index in [1.807, 2.05) is 42.5 Å². The number of aromatic nitrogens is 2. The van der Waals surface area contributed by atoms with Crippen LogP contribution in [0.1, 0.15) is 0 Å². The van der Waals surface area contributed by atoms with Gasteiger partial charge in [-0.3, -0.25) is 4.79 Å². The van der Waals surface area contributed by atoms with E-state index in [1.54, 1.807) is 0 Å². The average molecular weight is 492 g/mol. The minimum Gasteiger partial charge on any atom is -0.434 e. The van der Waals surface area contributed by atoms with Crippen LogP contribution in [0.4, 0.5) is 10.5 Å². The number of ether oxygens (including phenoxy) is 1. The van der Waals surface area contributed by atoms with Gasteiger partial charge in [0.15, 0.2) is 5.75 Å². The first kappa shape index (κ1) is 21.7. The second-order valence-electron chi connectivity index (χ2n) is 7.37. The number of anilines is 1. The van der Waals surface area contributed by atoms with Crippen molar-refractivity contribution in [1.29, 1.82) is 0 Å². The van der Waals surface area contributed by atoms with Crippen LogP contribution in [0.15, 0.2) is 82.8 Å². The molecule has 1 aliphatic heterocycles. The third-order valence-corrected chi connectivity index (χ3v) is 5.61. The van der Waals surface area contributed by atoms with Crippen LogP contribution in [-0.4, -0.2) is 22.4 Å². The molecule has 0 fully saturated rings. The summed E-state index contributed by atoms with van der Waals surface area (Å²) >= 11 is 12.9. The fourth-order valence-corrected chi connectivity index (χ4v) is 4.03. The van der Waals surface area contributed by atoms with Crippen molar-refractivity contribution in [2.75, 3.05) is 5.01 Å². The molecule has 5 rings (SSSR count). The lowest BCUT2D eigenvalue weighted by Crippen LogP contribution is -2.40. The van der Waals surface area contributed by atoms with Crippen molar-refractivity contribution in [3.8, 4) is 22.8 Å². The molecule has 0 saturated heterocycles. The number of nitrogens with zero attached hydrogens (tertiary/aromatic N) is 3. The highest BCUT2D eigenvalue weighted by Crippen LogP contribution is 2.41. The first-order chi connectivity index (χ1) is 16.4. The minimum atomic E-state index is -0.505. The van der Waals surface area contributed by atoms with E-state index < -0.39 is 11.6 Å². The van der Waals surface area contributed by atoms with Crippen LogP contribution in [0.3, 0.4) is 0 Å². The maximum absolute atomic E-state index is 12.2. The Balaban J connectivity index is 1.54. The summed E-state index contributed by atoms with van der Waals surface area (Å²) in [6, 6.07) is 17.5. The smallest absolute Gasteiger partial charge is 0.347 e. The van der Waals surface area contributed by atoms with Crippen LogP contribution < -0.4 is 20.6 Å². The molecule has 0 radical (unpaired) electrons. The quantitative estimate of drug-likeness (QED) is 0.381. The van der Waals surface area contributed by atoms with Crippen LogP contribution in [0.25, 0.3) is 21.9 Å². The predicted molar refractivity (Wildman–Crippen MR) is 133 cm³/mol. The number of fused-ring (bicyclic) bond motifs is 1. The van der Waals surface area contributed by atoms with E-state index in [9.17, 15) is 9.59 Å². The Kier molecular flexibility index (Phi) is 5.53. The number of urea groups is 1. The Morgan fingerprint density at radius 3 is 2.41 bits per heavy atom. The standard InChI is InChI=1S/C24H15Cl2N5O3/c1-13-12-27-31(24(33)28-13)17-9-19(25)22(20(26)10-17)34-23-18(11-21(32)29-30-23)16-7-6-14-4-2-3-5-15(14)8-16/h2-12H,1H2,(H,28,33)(H,29,32). The number of carbonyl (C=O) groups excluding carboxylic acids is 1. The number of hydrogen-bond donors (Lipinski definition) is 2. The maximum atomic E-state index is 12.2. The number of aromatic amines is 1. The number of rotatable bonds is 4. The van der Waals surface area contributed by atoms with Gasteiger partial charge < -0.3 is 10.1 Å². The van der Waals surface area contributed by atoms with E-state index in [1.165, 1.54) is 24.4 Å². The van der Waals surface area contributed by atoms with Gasteiger partial charge in [0.25, 0.3) is 5.56 Å². The fourth-order valence-electron chi connectivity index (χ4n) is 3.48. The number of amides is 2. The molecule has 0 bridgehead atoms. The molecule has 34 heavy (non-hydrogen) atoms. The summed E-state index contributed by atoms with van der Waals surface area (Å²) < 4.78 is 5.96. The average Bonchev–Trinajstić information content (AvgIpc) is 2.81. The normalized spacial score (nSPS) is 13.3. The third-order valence-electron chi connectivity index (χ3n) is 5.05. The second-order valence-corrected chi connectivity index (χ2v) is 8.18. The number of H-pyrrole nitrogens is 1. The predicted octanol–water partition coefficient (Wildman–Crippen LogP) is 5.72. The molecule has 0 unspecified atom stereocenters. The molecule has 0 aliphatic carbocycles. The molecule has 2 amide bonds. The van der Waals surface area contributed by atoms with Crippen molar-refractivity contribution >= 4 is 51.9 Å². The second kappa shape index (κ2) is 8.66. The van der Waals surface area contributed by atoms with Crippen molar-refractivity contribution < 1.29 is 9.53 Å². The first-order valence-corrected chi connectivity index (χ1v) is 10.7. The van der Waals surface area contributed by atoms with Crippen LogP contribution >= 0.6 is 23.2 Å². The summed E-state index contributed by atoms with van der Waals surface area (Å²) in [5.41, 5.74) is 1.50. The Bertz CT molecular complexity index is 1540. The van der Waals surface area contributed by atoms with Crippen molar-refractivity contribution in [2.45, 2.75) is 0 Å². The number of nitrogens with one attached hydrogen (secondary N) is 2. The Hall–Kier alpha value is -4.14. The van der Waals surface area contributed by atoms with Gasteiger partial charge in [-0.1, -0.05) is 66.2 Å². The Morgan fingerprint density at radius 1 is 0.941 bits per heavy atom. The molecule has 0 spiro atoms. The van der Waals surface area contributed by atoms with E-state index in [-0.39, 0.29) is 21.7 Å². The largest absolute Gasteiger partial charge is 0.434 e. The molecule has 10 heteroatoms. The van der Waals surface area contributed by atoms with Gasteiger partial charge in [0.05, 0.1) is 33.2 Å². The van der Waals surface area contributed by atoms with Crippen molar-refractivity contribution in [1.82, 2.24) is 15.5 Å².